The van der Waals surface area contributed by atoms with Gasteiger partial charge in [0.1, 0.15) is 0 Å². The Hall–Kier alpha value is -0.670. The van der Waals surface area contributed by atoms with Crippen LogP contribution in [0.25, 0.3) is 0 Å². The largest absolute Gasteiger partial charge is 0.450 e. The molecule has 2 fully saturated rings. The van der Waals surface area contributed by atoms with Gasteiger partial charge in [-0.3, -0.25) is 5.32 Å². The molecule has 0 saturated carbocycles. The predicted molar refractivity (Wildman–Crippen MR) is 85.7 cm³/mol. The smallest absolute Gasteiger partial charge is 0.413 e. The van der Waals surface area contributed by atoms with E-state index in [1.165, 1.54) is 0 Å². The minimum atomic E-state index is -0.543. The number of thiocarbonyl (C=S) groups is 1. The average Bonchev–Trinajstić information content (AvgIpc) is 3.01. The zero-order chi connectivity index (χ0) is 15.0. The lowest BCUT2D eigenvalue weighted by Crippen LogP contribution is -2.42. The number of amides is 1. The minimum absolute atomic E-state index is 0. The summed E-state index contributed by atoms with van der Waals surface area (Å²) < 4.78 is 4.67. The molecule has 0 aromatic carbocycles. The highest BCUT2D eigenvalue weighted by atomic mass is 35.5. The predicted octanol–water partition coefficient (Wildman–Crippen LogP) is -0.154. The molecule has 21 heavy (non-hydrogen) atoms. The number of alkyl carbamates (subject to hydrolysis) is 1. The van der Waals surface area contributed by atoms with Crippen molar-refractivity contribution in [1.82, 2.24) is 15.5 Å². The van der Waals surface area contributed by atoms with Gasteiger partial charge in [0, 0.05) is 19.6 Å². The maximum absolute atomic E-state index is 11.0. The van der Waals surface area contributed by atoms with Crippen LogP contribution in [0.2, 0.25) is 0 Å². The first-order valence-electron chi connectivity index (χ1n) is 6.82. The van der Waals surface area contributed by atoms with Gasteiger partial charge >= 0.3 is 6.09 Å². The van der Waals surface area contributed by atoms with Crippen molar-refractivity contribution < 1.29 is 19.7 Å². The van der Waals surface area contributed by atoms with E-state index in [4.69, 9.17) is 17.3 Å². The normalized spacial score (nSPS) is 23.7. The molecule has 0 aliphatic carbocycles. The second-order valence-electron chi connectivity index (χ2n) is 4.69. The number of carbonyl (C=O) groups excluding carboxylic acids is 1. The van der Waals surface area contributed by atoms with Crippen LogP contribution in [0.5, 0.6) is 0 Å². The lowest BCUT2D eigenvalue weighted by Gasteiger charge is -2.18. The Morgan fingerprint density at radius 2 is 2.14 bits per heavy atom. The molecule has 0 aromatic heterocycles. The monoisotopic (exact) mass is 341 g/mol. The summed E-state index contributed by atoms with van der Waals surface area (Å²) in [5.41, 5.74) is 0. The zero-order valence-electron chi connectivity index (χ0n) is 12.1. The van der Waals surface area contributed by atoms with Gasteiger partial charge in [-0.25, -0.2) is 4.79 Å². The van der Waals surface area contributed by atoms with Crippen molar-refractivity contribution in [3.8, 4) is 0 Å². The van der Waals surface area contributed by atoms with Gasteiger partial charge in [0.05, 0.1) is 18.8 Å². The van der Waals surface area contributed by atoms with E-state index < -0.39 is 6.09 Å². The second-order valence-corrected chi connectivity index (χ2v) is 5.07. The van der Waals surface area contributed by atoms with Gasteiger partial charge in [-0.15, -0.1) is 12.4 Å². The summed E-state index contributed by atoms with van der Waals surface area (Å²) in [5.74, 6) is 0. The number of aliphatic hydroxyl groups is 2. The molecule has 0 bridgehead atoms. The van der Waals surface area contributed by atoms with Crippen LogP contribution in [-0.2, 0) is 4.74 Å². The molecule has 2 heterocycles. The molecule has 1 amide bonds. The quantitative estimate of drug-likeness (QED) is 0.493. The molecule has 124 valence electrons. The lowest BCUT2D eigenvalue weighted by molar-refractivity contribution is 0.156. The van der Waals surface area contributed by atoms with Crippen molar-refractivity contribution in [1.29, 1.82) is 0 Å². The van der Waals surface area contributed by atoms with E-state index in [1.54, 1.807) is 11.8 Å². The summed E-state index contributed by atoms with van der Waals surface area (Å²) in [5, 5.41) is 23.7. The number of nitrogens with one attached hydrogen (secondary N) is 2. The van der Waals surface area contributed by atoms with Gasteiger partial charge in [0.25, 0.3) is 0 Å². The van der Waals surface area contributed by atoms with Gasteiger partial charge in [0.2, 0.25) is 0 Å². The summed E-state index contributed by atoms with van der Waals surface area (Å²) in [6.45, 7) is 4.97. The molecule has 0 spiro atoms. The number of hydrogen-bond donors (Lipinski definition) is 4. The fraction of sp³-hybridized carbons (Fsp3) is 0.833. The summed E-state index contributed by atoms with van der Waals surface area (Å²) >= 11 is 4.96. The van der Waals surface area contributed by atoms with Crippen LogP contribution < -0.4 is 10.6 Å². The average molecular weight is 342 g/mol. The molecule has 2 saturated heterocycles. The number of likely N-dealkylation sites (tertiary alicyclic amines) is 1. The van der Waals surface area contributed by atoms with Crippen LogP contribution in [0.1, 0.15) is 19.8 Å². The van der Waals surface area contributed by atoms with Crippen LogP contribution in [0.3, 0.4) is 0 Å². The van der Waals surface area contributed by atoms with Crippen LogP contribution in [-0.4, -0.2) is 71.3 Å². The molecule has 0 aromatic rings. The number of aliphatic hydroxyl groups excluding tert-OH is 2. The highest BCUT2D eigenvalue weighted by molar-refractivity contribution is 7.80. The Balaban J connectivity index is 0.000000480. The first-order chi connectivity index (χ1) is 9.52. The standard InChI is InChI=1S/C8H14N2O3S.C4H9NO.ClH/c1-2-13-8(12)9-7(14)10-4-3-6(11)5-10;6-4-1-2-5-3-4;/h6,11H,2-5H2,1H3,(H,9,12,14);4-6H,1-3H2;1H/t6-;4-;/m11./s1. The molecule has 0 unspecified atom stereocenters. The first kappa shape index (κ1) is 20.3. The van der Waals surface area contributed by atoms with Crippen molar-refractivity contribution >= 4 is 35.8 Å². The molecule has 2 rings (SSSR count). The number of ether oxygens (including phenoxy) is 1. The van der Waals surface area contributed by atoms with Gasteiger partial charge < -0.3 is 25.2 Å². The fourth-order valence-corrected chi connectivity index (χ4v) is 2.15. The van der Waals surface area contributed by atoms with Gasteiger partial charge in [-0.1, -0.05) is 0 Å². The van der Waals surface area contributed by atoms with Crippen LogP contribution in [0.15, 0.2) is 0 Å². The molecule has 2 aliphatic heterocycles. The lowest BCUT2D eigenvalue weighted by atomic mass is 10.3. The summed E-state index contributed by atoms with van der Waals surface area (Å²) in [4.78, 5) is 12.7. The fourth-order valence-electron chi connectivity index (χ4n) is 1.90. The molecular formula is C12H24ClN3O4S. The number of rotatable bonds is 1. The molecule has 2 aliphatic rings. The Labute approximate surface area is 136 Å². The highest BCUT2D eigenvalue weighted by Gasteiger charge is 2.23. The number of halogens is 1. The van der Waals surface area contributed by atoms with E-state index in [1.807, 2.05) is 0 Å². The van der Waals surface area contributed by atoms with E-state index in [0.717, 1.165) is 19.5 Å². The van der Waals surface area contributed by atoms with E-state index in [2.05, 4.69) is 15.4 Å². The summed E-state index contributed by atoms with van der Waals surface area (Å²) in [6, 6.07) is 0. The maximum atomic E-state index is 11.0. The Morgan fingerprint density at radius 3 is 2.52 bits per heavy atom. The second kappa shape index (κ2) is 11.0. The van der Waals surface area contributed by atoms with E-state index >= 15 is 0 Å². The van der Waals surface area contributed by atoms with Gasteiger partial charge in [-0.05, 0) is 38.5 Å². The SMILES string of the molecule is CCOC(=O)NC(=S)N1CC[C@@H](O)C1.Cl.O[C@@H]1CCNC1. The first-order valence-corrected chi connectivity index (χ1v) is 7.23. The molecule has 2 atom stereocenters. The molecule has 4 N–H and O–H groups in total. The van der Waals surface area contributed by atoms with Crippen LogP contribution >= 0.6 is 24.6 Å². The van der Waals surface area contributed by atoms with Crippen molar-refractivity contribution in [3.05, 3.63) is 0 Å². The highest BCUT2D eigenvalue weighted by Crippen LogP contribution is 2.08. The molecular weight excluding hydrogens is 318 g/mol. The van der Waals surface area contributed by atoms with E-state index in [9.17, 15) is 9.90 Å². The van der Waals surface area contributed by atoms with Crippen molar-refractivity contribution in [3.63, 3.8) is 0 Å². The minimum Gasteiger partial charge on any atom is -0.450 e. The molecule has 9 heteroatoms. The Kier molecular flexibility index (Phi) is 10.6. The maximum Gasteiger partial charge on any atom is 0.413 e. The Bertz CT molecular complexity index is 330. The number of β-amino-alcohol motifs (C(OH)–C–C–N with tert-alkyl or cyclic N) is 2. The van der Waals surface area contributed by atoms with Crippen molar-refractivity contribution in [2.45, 2.75) is 32.0 Å². The summed E-state index contributed by atoms with van der Waals surface area (Å²) in [7, 11) is 0. The zero-order valence-corrected chi connectivity index (χ0v) is 13.7. The van der Waals surface area contributed by atoms with Gasteiger partial charge in [-0.2, -0.15) is 0 Å². The number of carbonyl (C=O) groups is 1. The number of nitrogens with zero attached hydrogens (tertiary/aromatic N) is 1. The Morgan fingerprint density at radius 1 is 1.43 bits per heavy atom. The van der Waals surface area contributed by atoms with E-state index in [-0.39, 0.29) is 24.6 Å². The number of hydrogen-bond acceptors (Lipinski definition) is 6. The van der Waals surface area contributed by atoms with Crippen molar-refractivity contribution in [2.24, 2.45) is 0 Å². The third-order valence-corrected chi connectivity index (χ3v) is 3.33. The van der Waals surface area contributed by atoms with E-state index in [0.29, 0.717) is 31.2 Å². The van der Waals surface area contributed by atoms with Crippen LogP contribution in [0.4, 0.5) is 4.79 Å². The van der Waals surface area contributed by atoms with Crippen LogP contribution in [0, 0.1) is 0 Å². The van der Waals surface area contributed by atoms with Gasteiger partial charge in [0.15, 0.2) is 5.11 Å². The summed E-state index contributed by atoms with van der Waals surface area (Å²) in [6.07, 6.45) is 0.658. The topological polar surface area (TPSA) is 94.1 Å². The third-order valence-electron chi connectivity index (χ3n) is 2.97. The molecule has 0 radical (unpaired) electrons. The molecule has 7 nitrogen and oxygen atoms in total. The van der Waals surface area contributed by atoms with Crippen molar-refractivity contribution in [2.75, 3.05) is 32.8 Å². The third kappa shape index (κ3) is 8.37.